The second-order valence-corrected chi connectivity index (χ2v) is 3.45. The van der Waals surface area contributed by atoms with Crippen molar-refractivity contribution in [2.24, 2.45) is 5.73 Å². The Morgan fingerprint density at radius 1 is 1.80 bits per heavy atom. The summed E-state index contributed by atoms with van der Waals surface area (Å²) < 4.78 is 28.7. The number of hydrogen-bond acceptors (Lipinski definition) is 3. The van der Waals surface area contributed by atoms with Crippen LogP contribution in [0.1, 0.15) is 6.92 Å². The molecule has 10 heavy (non-hydrogen) atoms. The van der Waals surface area contributed by atoms with Gasteiger partial charge in [-0.15, -0.1) is 0 Å². The lowest BCUT2D eigenvalue weighted by molar-refractivity contribution is 0.466. The minimum absolute atomic E-state index is 0.495. The van der Waals surface area contributed by atoms with E-state index in [2.05, 4.69) is 0 Å². The summed E-state index contributed by atoms with van der Waals surface area (Å²) >= 11 is 0. The van der Waals surface area contributed by atoms with Crippen molar-refractivity contribution in [1.29, 1.82) is 5.41 Å². The molecule has 60 valence electrons. The predicted molar refractivity (Wildman–Crippen MR) is 36.1 cm³/mol. The number of nitrogens with two attached hydrogens (primary N) is 1. The van der Waals surface area contributed by atoms with Crippen LogP contribution in [0.15, 0.2) is 0 Å². The van der Waals surface area contributed by atoms with E-state index in [0.717, 1.165) is 0 Å². The van der Waals surface area contributed by atoms with Gasteiger partial charge in [-0.05, 0) is 6.92 Å². The fourth-order valence-electron chi connectivity index (χ4n) is 0.293. The minimum Gasteiger partial charge on any atom is -0.370 e. The van der Waals surface area contributed by atoms with Crippen molar-refractivity contribution in [2.45, 2.75) is 12.3 Å². The van der Waals surface area contributed by atoms with Gasteiger partial charge in [-0.2, -0.15) is 8.42 Å². The lowest BCUT2D eigenvalue weighted by atomic mass is 10.7. The highest BCUT2D eigenvalue weighted by Crippen LogP contribution is 1.90. The molecule has 1 unspecified atom stereocenters. The van der Waals surface area contributed by atoms with Crippen molar-refractivity contribution in [1.82, 2.24) is 5.32 Å². The molecule has 5 N–H and O–H groups in total. The molecule has 0 aliphatic rings. The highest BCUT2D eigenvalue weighted by atomic mass is 32.2. The van der Waals surface area contributed by atoms with Crippen LogP contribution in [0.4, 0.5) is 0 Å². The molecule has 0 aliphatic carbocycles. The fraction of sp³-hybridized carbons (Fsp3) is 0.667. The molecule has 0 amide bonds. The normalized spacial score (nSPS) is 14.2. The van der Waals surface area contributed by atoms with Crippen LogP contribution in [0.3, 0.4) is 0 Å². The highest BCUT2D eigenvalue weighted by molar-refractivity contribution is 7.86. The van der Waals surface area contributed by atoms with Crippen molar-refractivity contribution >= 4 is 16.1 Å². The van der Waals surface area contributed by atoms with Crippen LogP contribution >= 0.6 is 0 Å². The molecule has 0 rings (SSSR count). The lowest BCUT2D eigenvalue weighted by Crippen LogP contribution is -2.41. The van der Waals surface area contributed by atoms with Crippen LogP contribution < -0.4 is 11.1 Å². The van der Waals surface area contributed by atoms with Crippen molar-refractivity contribution in [2.75, 3.05) is 0 Å². The number of nitrogens with one attached hydrogen (secondary N) is 2. The molecule has 0 heterocycles. The average molecular weight is 167 g/mol. The predicted octanol–water partition coefficient (Wildman–Crippen LogP) is -1.30. The van der Waals surface area contributed by atoms with Crippen LogP contribution in [0.25, 0.3) is 0 Å². The molecular formula is C3H9N3O3S. The van der Waals surface area contributed by atoms with E-state index < -0.39 is 21.5 Å². The van der Waals surface area contributed by atoms with E-state index in [1.165, 1.54) is 6.92 Å². The zero-order chi connectivity index (χ0) is 8.36. The fourth-order valence-corrected chi connectivity index (χ4v) is 0.569. The van der Waals surface area contributed by atoms with Gasteiger partial charge in [-0.1, -0.05) is 0 Å². The molecule has 0 aromatic carbocycles. The number of hydrogen-bond donors (Lipinski definition) is 4. The second-order valence-electron chi connectivity index (χ2n) is 1.72. The van der Waals surface area contributed by atoms with Crippen LogP contribution in [0.2, 0.25) is 0 Å². The molecule has 0 saturated carbocycles. The Kier molecular flexibility index (Phi) is 2.61. The van der Waals surface area contributed by atoms with Gasteiger partial charge in [0.05, 0.1) is 0 Å². The van der Waals surface area contributed by atoms with Crippen LogP contribution in [-0.2, 0) is 10.1 Å². The Balaban J connectivity index is 4.12. The van der Waals surface area contributed by atoms with Crippen molar-refractivity contribution in [3.8, 4) is 0 Å². The van der Waals surface area contributed by atoms with Crippen LogP contribution in [-0.4, -0.2) is 24.3 Å². The summed E-state index contributed by atoms with van der Waals surface area (Å²) in [7, 11) is -4.13. The number of guanidine groups is 1. The molecule has 7 heteroatoms. The van der Waals surface area contributed by atoms with Crippen molar-refractivity contribution in [3.05, 3.63) is 0 Å². The Morgan fingerprint density at radius 2 is 2.20 bits per heavy atom. The van der Waals surface area contributed by atoms with E-state index in [9.17, 15) is 8.42 Å². The summed E-state index contributed by atoms with van der Waals surface area (Å²) in [5, 5.41) is 7.37. The highest BCUT2D eigenvalue weighted by Gasteiger charge is 2.16. The molecule has 1 atom stereocenters. The Bertz CT molecular complexity index is 221. The molecule has 0 saturated heterocycles. The van der Waals surface area contributed by atoms with Gasteiger partial charge >= 0.3 is 0 Å². The third-order valence-electron chi connectivity index (χ3n) is 0.806. The van der Waals surface area contributed by atoms with Crippen LogP contribution in [0.5, 0.6) is 0 Å². The SMILES string of the molecule is CC(NC(=N)N)S(=O)(=O)O. The first kappa shape index (κ1) is 9.18. The zero-order valence-corrected chi connectivity index (χ0v) is 6.14. The quantitative estimate of drug-likeness (QED) is 0.232. The van der Waals surface area contributed by atoms with E-state index in [1.807, 2.05) is 5.32 Å². The van der Waals surface area contributed by atoms with Gasteiger partial charge in [0.25, 0.3) is 10.1 Å². The lowest BCUT2D eigenvalue weighted by Gasteiger charge is -2.08. The monoisotopic (exact) mass is 167 g/mol. The third kappa shape index (κ3) is 3.25. The maximum Gasteiger partial charge on any atom is 0.285 e. The first-order chi connectivity index (χ1) is 4.34. The Labute approximate surface area is 58.7 Å². The molecule has 0 fully saturated rings. The van der Waals surface area contributed by atoms with E-state index in [1.54, 1.807) is 0 Å². The molecule has 0 aromatic heterocycles. The molecule has 0 aromatic rings. The second kappa shape index (κ2) is 2.84. The van der Waals surface area contributed by atoms with Gasteiger partial charge in [0.15, 0.2) is 11.3 Å². The van der Waals surface area contributed by atoms with Gasteiger partial charge in [0.2, 0.25) is 0 Å². The van der Waals surface area contributed by atoms with Crippen molar-refractivity contribution < 1.29 is 13.0 Å². The molecular weight excluding hydrogens is 158 g/mol. The van der Waals surface area contributed by atoms with E-state index in [-0.39, 0.29) is 0 Å². The number of rotatable bonds is 2. The summed E-state index contributed by atoms with van der Waals surface area (Å²) in [5.41, 5.74) is 4.79. The Morgan fingerprint density at radius 3 is 2.30 bits per heavy atom. The van der Waals surface area contributed by atoms with Gasteiger partial charge in [0, 0.05) is 0 Å². The topological polar surface area (TPSA) is 116 Å². The molecule has 6 nitrogen and oxygen atoms in total. The molecule has 0 aliphatic heterocycles. The summed E-state index contributed by atoms with van der Waals surface area (Å²) in [6, 6.07) is 0. The van der Waals surface area contributed by atoms with Gasteiger partial charge in [0.1, 0.15) is 0 Å². The molecule has 0 spiro atoms. The van der Waals surface area contributed by atoms with E-state index in [4.69, 9.17) is 15.7 Å². The van der Waals surface area contributed by atoms with Gasteiger partial charge in [-0.3, -0.25) is 9.96 Å². The smallest absolute Gasteiger partial charge is 0.285 e. The minimum atomic E-state index is -4.13. The largest absolute Gasteiger partial charge is 0.370 e. The van der Waals surface area contributed by atoms with E-state index >= 15 is 0 Å². The third-order valence-corrected chi connectivity index (χ3v) is 1.82. The summed E-state index contributed by atoms with van der Waals surface area (Å²) in [4.78, 5) is 0. The zero-order valence-electron chi connectivity index (χ0n) is 5.33. The first-order valence-electron chi connectivity index (χ1n) is 2.41. The Hall–Kier alpha value is -0.820. The van der Waals surface area contributed by atoms with Gasteiger partial charge < -0.3 is 11.1 Å². The molecule has 0 radical (unpaired) electrons. The van der Waals surface area contributed by atoms with Crippen LogP contribution in [0, 0.1) is 5.41 Å². The summed E-state index contributed by atoms with van der Waals surface area (Å²) in [6.07, 6.45) is 0. The maximum atomic E-state index is 10.2. The average Bonchev–Trinajstić information content (AvgIpc) is 1.60. The van der Waals surface area contributed by atoms with Gasteiger partial charge in [-0.25, -0.2) is 0 Å². The van der Waals surface area contributed by atoms with E-state index in [0.29, 0.717) is 0 Å². The maximum absolute atomic E-state index is 10.2. The first-order valence-corrected chi connectivity index (χ1v) is 3.91. The van der Waals surface area contributed by atoms with Crippen molar-refractivity contribution in [3.63, 3.8) is 0 Å². The summed E-state index contributed by atoms with van der Waals surface area (Å²) in [6.45, 7) is 1.18. The summed E-state index contributed by atoms with van der Waals surface area (Å²) in [5.74, 6) is -0.495. The standard InChI is InChI=1S/C3H9N3O3S/c1-2(6-3(4)5)10(7,8)9/h2H,1H3,(H4,4,5,6)(H,7,8,9). The molecule has 0 bridgehead atoms.